The summed E-state index contributed by atoms with van der Waals surface area (Å²) < 4.78 is 5.74. The first kappa shape index (κ1) is 12.2. The van der Waals surface area contributed by atoms with Gasteiger partial charge in [-0.25, -0.2) is 4.98 Å². The van der Waals surface area contributed by atoms with E-state index >= 15 is 0 Å². The molecule has 0 aliphatic carbocycles. The summed E-state index contributed by atoms with van der Waals surface area (Å²) >= 11 is 5.94. The zero-order valence-corrected chi connectivity index (χ0v) is 11.0. The molecule has 96 valence electrons. The first-order chi connectivity index (χ1) is 9.26. The molecule has 0 radical (unpaired) electrons. The predicted octanol–water partition coefficient (Wildman–Crippen LogP) is 3.65. The highest BCUT2D eigenvalue weighted by Gasteiger charge is 2.08. The van der Waals surface area contributed by atoms with Crippen molar-refractivity contribution in [2.24, 2.45) is 5.73 Å². The fraction of sp³-hybridized carbons (Fsp3) is 0.133. The zero-order chi connectivity index (χ0) is 13.2. The molecule has 0 saturated heterocycles. The summed E-state index contributed by atoms with van der Waals surface area (Å²) in [4.78, 5) is 4.47. The van der Waals surface area contributed by atoms with Crippen molar-refractivity contribution in [3.8, 4) is 11.5 Å². The van der Waals surface area contributed by atoms with Crippen LogP contribution in [0.3, 0.4) is 0 Å². The minimum absolute atomic E-state index is 0.608. The van der Waals surface area contributed by atoms with E-state index in [1.165, 1.54) is 5.56 Å². The smallest absolute Gasteiger partial charge is 0.227 e. The van der Waals surface area contributed by atoms with E-state index in [0.29, 0.717) is 23.0 Å². The lowest BCUT2D eigenvalue weighted by Gasteiger charge is -2.00. The molecule has 0 aliphatic rings. The average Bonchev–Trinajstić information content (AvgIpc) is 2.82. The standard InChI is InChI=1S/C15H13ClN2O/c16-12-4-5-13-14(9-12)19-15(18-13)11-3-1-2-10(8-11)6-7-17/h1-5,8-9H,6-7,17H2. The van der Waals surface area contributed by atoms with E-state index in [2.05, 4.69) is 17.1 Å². The van der Waals surface area contributed by atoms with Crippen molar-refractivity contribution in [2.75, 3.05) is 6.54 Å². The van der Waals surface area contributed by atoms with Crippen molar-refractivity contribution in [3.05, 3.63) is 53.1 Å². The lowest BCUT2D eigenvalue weighted by molar-refractivity contribution is 0.619. The molecule has 3 aromatic rings. The van der Waals surface area contributed by atoms with Gasteiger partial charge >= 0.3 is 0 Å². The number of oxazole rings is 1. The Morgan fingerprint density at radius 3 is 2.89 bits per heavy atom. The Hall–Kier alpha value is -1.84. The van der Waals surface area contributed by atoms with Gasteiger partial charge in [0.05, 0.1) is 0 Å². The van der Waals surface area contributed by atoms with Gasteiger partial charge < -0.3 is 10.2 Å². The molecule has 0 aliphatic heterocycles. The summed E-state index contributed by atoms with van der Waals surface area (Å²) in [6.45, 7) is 0.632. The fourth-order valence-electron chi connectivity index (χ4n) is 2.05. The summed E-state index contributed by atoms with van der Waals surface area (Å²) in [5.74, 6) is 0.608. The molecule has 0 fully saturated rings. The normalized spacial score (nSPS) is 11.1. The molecule has 2 aromatic carbocycles. The zero-order valence-electron chi connectivity index (χ0n) is 10.3. The highest BCUT2D eigenvalue weighted by Crippen LogP contribution is 2.26. The molecule has 3 nitrogen and oxygen atoms in total. The Morgan fingerprint density at radius 2 is 2.05 bits per heavy atom. The molecular weight excluding hydrogens is 260 g/mol. The van der Waals surface area contributed by atoms with E-state index in [0.717, 1.165) is 17.5 Å². The number of halogens is 1. The van der Waals surface area contributed by atoms with E-state index in [1.54, 1.807) is 12.1 Å². The maximum Gasteiger partial charge on any atom is 0.227 e. The molecule has 19 heavy (non-hydrogen) atoms. The van der Waals surface area contributed by atoms with Crippen molar-refractivity contribution < 1.29 is 4.42 Å². The third-order valence-electron chi connectivity index (χ3n) is 2.96. The van der Waals surface area contributed by atoms with Gasteiger partial charge in [0.25, 0.3) is 0 Å². The lowest BCUT2D eigenvalue weighted by atomic mass is 10.1. The minimum Gasteiger partial charge on any atom is -0.436 e. The SMILES string of the molecule is NCCc1cccc(-c2nc3ccc(Cl)cc3o2)c1. The van der Waals surface area contributed by atoms with Crippen LogP contribution in [0.2, 0.25) is 5.02 Å². The Morgan fingerprint density at radius 1 is 1.16 bits per heavy atom. The van der Waals surface area contributed by atoms with E-state index in [1.807, 2.05) is 18.2 Å². The van der Waals surface area contributed by atoms with Crippen molar-refractivity contribution in [2.45, 2.75) is 6.42 Å². The summed E-state index contributed by atoms with van der Waals surface area (Å²) in [5.41, 5.74) is 9.22. The number of fused-ring (bicyclic) bond motifs is 1. The van der Waals surface area contributed by atoms with Gasteiger partial charge in [0, 0.05) is 16.7 Å². The number of aromatic nitrogens is 1. The van der Waals surface area contributed by atoms with Crippen molar-refractivity contribution in [1.82, 2.24) is 4.98 Å². The quantitative estimate of drug-likeness (QED) is 0.792. The Balaban J connectivity index is 2.05. The highest BCUT2D eigenvalue weighted by atomic mass is 35.5. The second kappa shape index (κ2) is 5.03. The summed E-state index contributed by atoms with van der Waals surface area (Å²) in [6, 6.07) is 13.5. The van der Waals surface area contributed by atoms with Crippen LogP contribution < -0.4 is 5.73 Å². The third kappa shape index (κ3) is 2.48. The Labute approximate surface area is 116 Å². The van der Waals surface area contributed by atoms with Crippen molar-refractivity contribution >= 4 is 22.7 Å². The minimum atomic E-state index is 0.608. The largest absolute Gasteiger partial charge is 0.436 e. The molecule has 0 atom stereocenters. The number of nitrogens with two attached hydrogens (primary N) is 1. The monoisotopic (exact) mass is 272 g/mol. The van der Waals surface area contributed by atoms with Crippen LogP contribution >= 0.6 is 11.6 Å². The molecule has 0 amide bonds. The van der Waals surface area contributed by atoms with Crippen molar-refractivity contribution in [1.29, 1.82) is 0 Å². The molecule has 2 N–H and O–H groups in total. The first-order valence-corrected chi connectivity index (χ1v) is 6.49. The van der Waals surface area contributed by atoms with Gasteiger partial charge in [0.1, 0.15) is 5.52 Å². The van der Waals surface area contributed by atoms with Crippen LogP contribution in [0.15, 0.2) is 46.9 Å². The predicted molar refractivity (Wildman–Crippen MR) is 77.2 cm³/mol. The maximum absolute atomic E-state index is 5.94. The van der Waals surface area contributed by atoms with E-state index < -0.39 is 0 Å². The topological polar surface area (TPSA) is 52.0 Å². The number of hydrogen-bond donors (Lipinski definition) is 1. The molecule has 3 rings (SSSR count). The summed E-state index contributed by atoms with van der Waals surface area (Å²) in [7, 11) is 0. The molecule has 0 spiro atoms. The second-order valence-electron chi connectivity index (χ2n) is 4.37. The van der Waals surface area contributed by atoms with Gasteiger partial charge in [0.15, 0.2) is 5.58 Å². The van der Waals surface area contributed by atoms with Gasteiger partial charge in [-0.05, 0) is 42.8 Å². The molecule has 0 unspecified atom stereocenters. The van der Waals surface area contributed by atoms with Crippen LogP contribution in [0, 0.1) is 0 Å². The third-order valence-corrected chi connectivity index (χ3v) is 3.19. The molecule has 1 heterocycles. The highest BCUT2D eigenvalue weighted by molar-refractivity contribution is 6.31. The van der Waals surface area contributed by atoms with Crippen LogP contribution in [0.25, 0.3) is 22.6 Å². The lowest BCUT2D eigenvalue weighted by Crippen LogP contribution is -2.02. The average molecular weight is 273 g/mol. The number of hydrogen-bond acceptors (Lipinski definition) is 3. The van der Waals surface area contributed by atoms with Gasteiger partial charge in [-0.15, -0.1) is 0 Å². The van der Waals surface area contributed by atoms with Gasteiger partial charge in [-0.1, -0.05) is 23.7 Å². The summed E-state index contributed by atoms with van der Waals surface area (Å²) in [5, 5.41) is 0.645. The van der Waals surface area contributed by atoms with Gasteiger partial charge in [-0.2, -0.15) is 0 Å². The molecule has 0 saturated carbocycles. The molecular formula is C15H13ClN2O. The van der Waals surface area contributed by atoms with Gasteiger partial charge in [0.2, 0.25) is 5.89 Å². The fourth-order valence-corrected chi connectivity index (χ4v) is 2.21. The number of nitrogens with zero attached hydrogens (tertiary/aromatic N) is 1. The number of rotatable bonds is 3. The Kier molecular flexibility index (Phi) is 3.23. The van der Waals surface area contributed by atoms with Crippen LogP contribution in [-0.2, 0) is 6.42 Å². The van der Waals surface area contributed by atoms with Crippen molar-refractivity contribution in [3.63, 3.8) is 0 Å². The first-order valence-electron chi connectivity index (χ1n) is 6.12. The molecule has 0 bridgehead atoms. The van der Waals surface area contributed by atoms with Crippen LogP contribution in [0.5, 0.6) is 0 Å². The van der Waals surface area contributed by atoms with Crippen LogP contribution in [-0.4, -0.2) is 11.5 Å². The van der Waals surface area contributed by atoms with E-state index in [-0.39, 0.29) is 0 Å². The van der Waals surface area contributed by atoms with Crippen LogP contribution in [0.1, 0.15) is 5.56 Å². The van der Waals surface area contributed by atoms with Crippen LogP contribution in [0.4, 0.5) is 0 Å². The Bertz CT molecular complexity index is 721. The molecule has 1 aromatic heterocycles. The molecule has 4 heteroatoms. The van der Waals surface area contributed by atoms with Gasteiger partial charge in [-0.3, -0.25) is 0 Å². The van der Waals surface area contributed by atoms with E-state index in [9.17, 15) is 0 Å². The number of benzene rings is 2. The van der Waals surface area contributed by atoms with E-state index in [4.69, 9.17) is 21.8 Å². The second-order valence-corrected chi connectivity index (χ2v) is 4.81. The summed E-state index contributed by atoms with van der Waals surface area (Å²) in [6.07, 6.45) is 0.847. The maximum atomic E-state index is 5.94.